The number of rotatable bonds is 2. The van der Waals surface area contributed by atoms with Gasteiger partial charge in [0.25, 0.3) is 0 Å². The summed E-state index contributed by atoms with van der Waals surface area (Å²) >= 11 is 0. The number of hydrogen-bond acceptors (Lipinski definition) is 1. The predicted molar refractivity (Wildman–Crippen MR) is 58.4 cm³/mol. The van der Waals surface area contributed by atoms with E-state index in [1.807, 2.05) is 18.3 Å². The summed E-state index contributed by atoms with van der Waals surface area (Å²) in [5.41, 5.74) is 9.22. The molecule has 0 saturated carbocycles. The SMILES string of the molecule is Cc1ccc(-n2cccc2CN)cc1. The van der Waals surface area contributed by atoms with E-state index in [9.17, 15) is 0 Å². The number of nitrogens with two attached hydrogens (primary N) is 1. The third kappa shape index (κ3) is 1.56. The second-order valence-corrected chi connectivity index (χ2v) is 3.41. The van der Waals surface area contributed by atoms with Gasteiger partial charge in [0.2, 0.25) is 0 Å². The Balaban J connectivity index is 2.44. The fourth-order valence-corrected chi connectivity index (χ4v) is 1.54. The van der Waals surface area contributed by atoms with E-state index in [0.717, 1.165) is 5.69 Å². The Morgan fingerprint density at radius 3 is 2.50 bits per heavy atom. The zero-order valence-electron chi connectivity index (χ0n) is 8.27. The highest BCUT2D eigenvalue weighted by molar-refractivity contribution is 5.36. The standard InChI is InChI=1S/C12H14N2/c1-10-4-6-11(7-5-10)14-8-2-3-12(14)9-13/h2-8H,9,13H2,1H3. The summed E-state index contributed by atoms with van der Waals surface area (Å²) in [6.45, 7) is 2.66. The Bertz CT molecular complexity index is 412. The van der Waals surface area contributed by atoms with Gasteiger partial charge in [-0.3, -0.25) is 0 Å². The molecular weight excluding hydrogens is 172 g/mol. The van der Waals surface area contributed by atoms with Crippen molar-refractivity contribution in [2.24, 2.45) is 5.73 Å². The fraction of sp³-hybridized carbons (Fsp3) is 0.167. The molecule has 2 N–H and O–H groups in total. The molecule has 0 spiro atoms. The van der Waals surface area contributed by atoms with E-state index in [4.69, 9.17) is 5.73 Å². The lowest BCUT2D eigenvalue weighted by atomic mass is 10.2. The lowest BCUT2D eigenvalue weighted by molar-refractivity contribution is 0.911. The van der Waals surface area contributed by atoms with Crippen molar-refractivity contribution in [3.05, 3.63) is 53.9 Å². The molecule has 0 amide bonds. The topological polar surface area (TPSA) is 30.9 Å². The van der Waals surface area contributed by atoms with Gasteiger partial charge in [-0.1, -0.05) is 17.7 Å². The Morgan fingerprint density at radius 2 is 1.86 bits per heavy atom. The third-order valence-corrected chi connectivity index (χ3v) is 2.35. The second kappa shape index (κ2) is 3.68. The van der Waals surface area contributed by atoms with Crippen molar-refractivity contribution in [3.63, 3.8) is 0 Å². The van der Waals surface area contributed by atoms with Crippen LogP contribution in [0.4, 0.5) is 0 Å². The maximum atomic E-state index is 5.64. The first-order chi connectivity index (χ1) is 6.81. The van der Waals surface area contributed by atoms with E-state index < -0.39 is 0 Å². The van der Waals surface area contributed by atoms with E-state index in [1.54, 1.807) is 0 Å². The molecule has 72 valence electrons. The van der Waals surface area contributed by atoms with Crippen LogP contribution < -0.4 is 5.73 Å². The highest BCUT2D eigenvalue weighted by Gasteiger charge is 1.99. The minimum Gasteiger partial charge on any atom is -0.325 e. The monoisotopic (exact) mass is 186 g/mol. The molecule has 0 unspecified atom stereocenters. The molecule has 0 aliphatic carbocycles. The number of aryl methyl sites for hydroxylation is 1. The van der Waals surface area contributed by atoms with Crippen molar-refractivity contribution in [2.75, 3.05) is 0 Å². The molecule has 2 rings (SSSR count). The summed E-state index contributed by atoms with van der Waals surface area (Å²) in [7, 11) is 0. The highest BCUT2D eigenvalue weighted by atomic mass is 15.0. The Kier molecular flexibility index (Phi) is 2.37. The van der Waals surface area contributed by atoms with Gasteiger partial charge in [-0.15, -0.1) is 0 Å². The lowest BCUT2D eigenvalue weighted by Gasteiger charge is -2.07. The van der Waals surface area contributed by atoms with Crippen LogP contribution >= 0.6 is 0 Å². The minimum atomic E-state index is 0.570. The van der Waals surface area contributed by atoms with Crippen molar-refractivity contribution in [2.45, 2.75) is 13.5 Å². The number of aromatic nitrogens is 1. The molecule has 0 aliphatic heterocycles. The van der Waals surface area contributed by atoms with Crippen LogP contribution in [-0.4, -0.2) is 4.57 Å². The van der Waals surface area contributed by atoms with Gasteiger partial charge in [0.1, 0.15) is 0 Å². The van der Waals surface area contributed by atoms with Gasteiger partial charge in [-0.05, 0) is 31.2 Å². The maximum Gasteiger partial charge on any atom is 0.0453 e. The normalized spacial score (nSPS) is 10.4. The lowest BCUT2D eigenvalue weighted by Crippen LogP contribution is -2.04. The van der Waals surface area contributed by atoms with Gasteiger partial charge in [0, 0.05) is 24.1 Å². The molecule has 2 aromatic rings. The maximum absolute atomic E-state index is 5.64. The second-order valence-electron chi connectivity index (χ2n) is 3.41. The van der Waals surface area contributed by atoms with E-state index in [2.05, 4.69) is 35.8 Å². The molecule has 2 nitrogen and oxygen atoms in total. The average molecular weight is 186 g/mol. The molecule has 0 fully saturated rings. The van der Waals surface area contributed by atoms with Gasteiger partial charge >= 0.3 is 0 Å². The summed E-state index contributed by atoms with van der Waals surface area (Å²) < 4.78 is 2.11. The zero-order valence-corrected chi connectivity index (χ0v) is 8.27. The zero-order chi connectivity index (χ0) is 9.97. The average Bonchev–Trinajstić information content (AvgIpc) is 2.67. The molecule has 0 radical (unpaired) electrons. The first-order valence-electron chi connectivity index (χ1n) is 4.74. The smallest absolute Gasteiger partial charge is 0.0453 e. The van der Waals surface area contributed by atoms with Crippen LogP contribution in [0.2, 0.25) is 0 Å². The number of nitrogens with zero attached hydrogens (tertiary/aromatic N) is 1. The van der Waals surface area contributed by atoms with Gasteiger partial charge in [0.05, 0.1) is 0 Å². The predicted octanol–water partition coefficient (Wildman–Crippen LogP) is 2.24. The summed E-state index contributed by atoms with van der Waals surface area (Å²) in [5, 5.41) is 0. The fourth-order valence-electron chi connectivity index (χ4n) is 1.54. The minimum absolute atomic E-state index is 0.570. The molecular formula is C12H14N2. The number of benzene rings is 1. The molecule has 2 heteroatoms. The van der Waals surface area contributed by atoms with Gasteiger partial charge < -0.3 is 10.3 Å². The summed E-state index contributed by atoms with van der Waals surface area (Å²) in [4.78, 5) is 0. The molecule has 0 aliphatic rings. The Morgan fingerprint density at radius 1 is 1.14 bits per heavy atom. The largest absolute Gasteiger partial charge is 0.325 e. The highest BCUT2D eigenvalue weighted by Crippen LogP contribution is 2.12. The van der Waals surface area contributed by atoms with Crippen LogP contribution in [0.3, 0.4) is 0 Å². The molecule has 1 aromatic carbocycles. The molecule has 14 heavy (non-hydrogen) atoms. The Hall–Kier alpha value is -1.54. The van der Waals surface area contributed by atoms with Gasteiger partial charge in [0.15, 0.2) is 0 Å². The molecule has 0 saturated heterocycles. The van der Waals surface area contributed by atoms with E-state index in [1.165, 1.54) is 11.3 Å². The van der Waals surface area contributed by atoms with Crippen LogP contribution in [0.15, 0.2) is 42.6 Å². The Labute approximate surface area is 84.0 Å². The quantitative estimate of drug-likeness (QED) is 0.766. The molecule has 1 heterocycles. The van der Waals surface area contributed by atoms with Gasteiger partial charge in [-0.2, -0.15) is 0 Å². The van der Waals surface area contributed by atoms with Crippen LogP contribution in [0.25, 0.3) is 5.69 Å². The van der Waals surface area contributed by atoms with Crippen LogP contribution in [0.5, 0.6) is 0 Å². The summed E-state index contributed by atoms with van der Waals surface area (Å²) in [6.07, 6.45) is 2.03. The van der Waals surface area contributed by atoms with Crippen LogP contribution in [0.1, 0.15) is 11.3 Å². The van der Waals surface area contributed by atoms with Gasteiger partial charge in [-0.25, -0.2) is 0 Å². The molecule has 1 aromatic heterocycles. The van der Waals surface area contributed by atoms with Crippen LogP contribution in [0, 0.1) is 6.92 Å². The van der Waals surface area contributed by atoms with E-state index in [0.29, 0.717) is 6.54 Å². The third-order valence-electron chi connectivity index (χ3n) is 2.35. The van der Waals surface area contributed by atoms with Crippen molar-refractivity contribution in [1.82, 2.24) is 4.57 Å². The number of hydrogen-bond donors (Lipinski definition) is 1. The first-order valence-corrected chi connectivity index (χ1v) is 4.74. The summed E-state index contributed by atoms with van der Waals surface area (Å²) in [5.74, 6) is 0. The van der Waals surface area contributed by atoms with E-state index in [-0.39, 0.29) is 0 Å². The van der Waals surface area contributed by atoms with Crippen molar-refractivity contribution >= 4 is 0 Å². The first kappa shape index (κ1) is 9.03. The van der Waals surface area contributed by atoms with Crippen molar-refractivity contribution in [1.29, 1.82) is 0 Å². The molecule has 0 bridgehead atoms. The summed E-state index contributed by atoms with van der Waals surface area (Å²) in [6, 6.07) is 12.5. The molecule has 0 atom stereocenters. The van der Waals surface area contributed by atoms with E-state index >= 15 is 0 Å². The van der Waals surface area contributed by atoms with Crippen molar-refractivity contribution in [3.8, 4) is 5.69 Å². The van der Waals surface area contributed by atoms with Crippen molar-refractivity contribution < 1.29 is 0 Å². The van der Waals surface area contributed by atoms with Crippen LogP contribution in [-0.2, 0) is 6.54 Å².